The maximum absolute atomic E-state index is 5.02. The topological polar surface area (TPSA) is 27.7 Å². The van der Waals surface area contributed by atoms with Crippen molar-refractivity contribution in [3.8, 4) is 17.2 Å². The number of aryl methyl sites for hydroxylation is 4. The Morgan fingerprint density at radius 3 is 1.41 bits per heavy atom. The summed E-state index contributed by atoms with van der Waals surface area (Å²) in [6, 6.07) is 11.9. The summed E-state index contributed by atoms with van der Waals surface area (Å²) in [4.78, 5) is 0. The fourth-order valence-electron chi connectivity index (χ4n) is 1.85. The summed E-state index contributed by atoms with van der Waals surface area (Å²) >= 11 is 0. The van der Waals surface area contributed by atoms with E-state index in [-0.39, 0.29) is 0 Å². The summed E-state index contributed by atoms with van der Waals surface area (Å²) in [5, 5.41) is 0. The molecule has 2 aromatic carbocycles. The van der Waals surface area contributed by atoms with Crippen LogP contribution in [0.1, 0.15) is 22.3 Å². The molecule has 0 bridgehead atoms. The first-order valence-electron chi connectivity index (χ1n) is 7.07. The number of benzene rings is 2. The van der Waals surface area contributed by atoms with Crippen LogP contribution in [0.25, 0.3) is 0 Å². The minimum Gasteiger partial charge on any atom is -0.496 e. The highest BCUT2D eigenvalue weighted by Gasteiger charge is 2.01. The second-order valence-electron chi connectivity index (χ2n) is 5.04. The molecule has 0 atom stereocenters. The van der Waals surface area contributed by atoms with E-state index in [1.807, 2.05) is 0 Å². The fraction of sp³-hybridized carbons (Fsp3) is 0.368. The standard InChI is InChI=1S/C10H13.C9H11O3/c1-7-5-9(3)10(4)6-8(7)2;1-10-7-4-8(11-2)6-9(5-7)12-3/h5H,1-4H3;4-5H,1-3H3. The van der Waals surface area contributed by atoms with Gasteiger partial charge in [0.1, 0.15) is 17.2 Å². The fourth-order valence-corrected chi connectivity index (χ4v) is 1.85. The Bertz CT molecular complexity index is 513. The lowest BCUT2D eigenvalue weighted by atomic mass is 10.0. The van der Waals surface area contributed by atoms with Crippen LogP contribution >= 0.6 is 0 Å². The number of ether oxygens (including phenoxy) is 3. The van der Waals surface area contributed by atoms with Gasteiger partial charge in [-0.1, -0.05) is 6.07 Å². The molecule has 0 aliphatic carbocycles. The van der Waals surface area contributed by atoms with Crippen molar-refractivity contribution in [2.75, 3.05) is 21.3 Å². The quantitative estimate of drug-likeness (QED) is 0.849. The van der Waals surface area contributed by atoms with Gasteiger partial charge in [-0.2, -0.15) is 0 Å². The monoisotopic (exact) mass is 300 g/mol. The van der Waals surface area contributed by atoms with Crippen molar-refractivity contribution in [3.05, 3.63) is 52.6 Å². The van der Waals surface area contributed by atoms with Crippen molar-refractivity contribution in [1.29, 1.82) is 0 Å². The number of rotatable bonds is 3. The molecular weight excluding hydrogens is 276 g/mol. The first-order chi connectivity index (χ1) is 10.4. The number of methoxy groups -OCH3 is 3. The van der Waals surface area contributed by atoms with Crippen molar-refractivity contribution in [3.63, 3.8) is 0 Å². The molecule has 0 aliphatic heterocycles. The molecule has 0 heterocycles. The Balaban J connectivity index is 0.000000224. The molecule has 118 valence electrons. The van der Waals surface area contributed by atoms with Gasteiger partial charge < -0.3 is 14.2 Å². The molecule has 3 heteroatoms. The van der Waals surface area contributed by atoms with E-state index in [4.69, 9.17) is 14.2 Å². The molecule has 0 unspecified atom stereocenters. The highest BCUT2D eigenvalue weighted by molar-refractivity contribution is 5.40. The van der Waals surface area contributed by atoms with Crippen molar-refractivity contribution < 1.29 is 14.2 Å². The van der Waals surface area contributed by atoms with E-state index in [1.54, 1.807) is 33.5 Å². The SMILES string of the molecule is COc1[c]c(OC)cc(OC)c1.Cc1[c]c(C)c(C)cc1C. The van der Waals surface area contributed by atoms with Crippen LogP contribution in [0.4, 0.5) is 0 Å². The summed E-state index contributed by atoms with van der Waals surface area (Å²) in [6.07, 6.45) is 0. The molecule has 3 nitrogen and oxygen atoms in total. The molecule has 0 fully saturated rings. The van der Waals surface area contributed by atoms with E-state index < -0.39 is 0 Å². The summed E-state index contributed by atoms with van der Waals surface area (Å²) in [5.74, 6) is 1.90. The molecule has 0 aliphatic rings. The van der Waals surface area contributed by atoms with Crippen LogP contribution in [0, 0.1) is 39.8 Å². The van der Waals surface area contributed by atoms with E-state index in [0.29, 0.717) is 17.2 Å². The Morgan fingerprint density at radius 2 is 1.09 bits per heavy atom. The Morgan fingerprint density at radius 1 is 0.636 bits per heavy atom. The largest absolute Gasteiger partial charge is 0.496 e. The minimum absolute atomic E-state index is 0.603. The third-order valence-electron chi connectivity index (χ3n) is 3.46. The van der Waals surface area contributed by atoms with Crippen LogP contribution in [-0.2, 0) is 0 Å². The van der Waals surface area contributed by atoms with Crippen LogP contribution in [0.5, 0.6) is 17.2 Å². The van der Waals surface area contributed by atoms with E-state index in [9.17, 15) is 0 Å². The van der Waals surface area contributed by atoms with E-state index >= 15 is 0 Å². The van der Waals surface area contributed by atoms with Gasteiger partial charge in [0, 0.05) is 12.1 Å². The maximum atomic E-state index is 5.02. The highest BCUT2D eigenvalue weighted by atomic mass is 16.5. The van der Waals surface area contributed by atoms with Gasteiger partial charge in [0.25, 0.3) is 0 Å². The average molecular weight is 300 g/mol. The van der Waals surface area contributed by atoms with Gasteiger partial charge in [-0.05, 0) is 56.0 Å². The van der Waals surface area contributed by atoms with Crippen LogP contribution in [0.15, 0.2) is 18.2 Å². The normalized spacial score (nSPS) is 9.59. The first-order valence-corrected chi connectivity index (χ1v) is 7.07. The molecule has 22 heavy (non-hydrogen) atoms. The molecule has 0 saturated heterocycles. The molecule has 2 radical (unpaired) electrons. The Kier molecular flexibility index (Phi) is 6.77. The lowest BCUT2D eigenvalue weighted by Gasteiger charge is -2.06. The van der Waals surface area contributed by atoms with E-state index in [1.165, 1.54) is 22.3 Å². The summed E-state index contributed by atoms with van der Waals surface area (Å²) in [7, 11) is 4.74. The van der Waals surface area contributed by atoms with Gasteiger partial charge in [0.2, 0.25) is 0 Å². The molecular formula is C19H24O3. The zero-order chi connectivity index (χ0) is 16.7. The van der Waals surface area contributed by atoms with Gasteiger partial charge in [-0.15, -0.1) is 0 Å². The van der Waals surface area contributed by atoms with Crippen molar-refractivity contribution >= 4 is 0 Å². The first kappa shape index (κ1) is 17.9. The van der Waals surface area contributed by atoms with E-state index in [0.717, 1.165) is 0 Å². The average Bonchev–Trinajstić information content (AvgIpc) is 2.53. The smallest absolute Gasteiger partial charge is 0.134 e. The van der Waals surface area contributed by atoms with Crippen molar-refractivity contribution in [2.24, 2.45) is 0 Å². The third kappa shape index (κ3) is 4.99. The lowest BCUT2D eigenvalue weighted by molar-refractivity contribution is 0.374. The highest BCUT2D eigenvalue weighted by Crippen LogP contribution is 2.25. The van der Waals surface area contributed by atoms with Crippen LogP contribution in [-0.4, -0.2) is 21.3 Å². The summed E-state index contributed by atoms with van der Waals surface area (Å²) < 4.78 is 15.0. The third-order valence-corrected chi connectivity index (χ3v) is 3.46. The predicted octanol–water partition coefficient (Wildman–Crippen LogP) is 4.23. The molecule has 2 aromatic rings. The Hall–Kier alpha value is -2.16. The number of hydrogen-bond donors (Lipinski definition) is 0. The minimum atomic E-state index is 0.603. The van der Waals surface area contributed by atoms with Gasteiger partial charge in [-0.25, -0.2) is 0 Å². The maximum Gasteiger partial charge on any atom is 0.134 e. The van der Waals surface area contributed by atoms with Crippen LogP contribution < -0.4 is 14.2 Å². The second-order valence-corrected chi connectivity index (χ2v) is 5.04. The van der Waals surface area contributed by atoms with Gasteiger partial charge in [-0.3, -0.25) is 0 Å². The Labute approximate surface area is 133 Å². The van der Waals surface area contributed by atoms with Gasteiger partial charge in [0.15, 0.2) is 0 Å². The molecule has 0 spiro atoms. The van der Waals surface area contributed by atoms with E-state index in [2.05, 4.69) is 45.9 Å². The summed E-state index contributed by atoms with van der Waals surface area (Å²) in [6.45, 7) is 8.44. The molecule has 0 amide bonds. The van der Waals surface area contributed by atoms with Crippen molar-refractivity contribution in [2.45, 2.75) is 27.7 Å². The second kappa shape index (κ2) is 8.32. The molecule has 2 rings (SSSR count). The summed E-state index contributed by atoms with van der Waals surface area (Å²) in [5.41, 5.74) is 5.21. The lowest BCUT2D eigenvalue weighted by Crippen LogP contribution is -1.90. The van der Waals surface area contributed by atoms with Gasteiger partial charge in [0.05, 0.1) is 27.4 Å². The van der Waals surface area contributed by atoms with Gasteiger partial charge >= 0.3 is 0 Å². The van der Waals surface area contributed by atoms with Crippen molar-refractivity contribution in [1.82, 2.24) is 0 Å². The number of hydrogen-bond acceptors (Lipinski definition) is 3. The molecule has 0 saturated carbocycles. The molecule has 0 N–H and O–H groups in total. The zero-order valence-electron chi connectivity index (χ0n) is 14.5. The van der Waals surface area contributed by atoms with Crippen LogP contribution in [0.3, 0.4) is 0 Å². The van der Waals surface area contributed by atoms with Crippen LogP contribution in [0.2, 0.25) is 0 Å². The molecule has 0 aromatic heterocycles. The predicted molar refractivity (Wildman–Crippen MR) is 89.2 cm³/mol. The zero-order valence-corrected chi connectivity index (χ0v) is 14.5.